The highest BCUT2D eigenvalue weighted by Crippen LogP contribution is 2.23. The van der Waals surface area contributed by atoms with Crippen molar-refractivity contribution in [2.24, 2.45) is 0 Å². The van der Waals surface area contributed by atoms with Crippen LogP contribution < -0.4 is 4.74 Å². The maximum atomic E-state index is 11.5. The molecule has 0 spiro atoms. The van der Waals surface area contributed by atoms with Crippen LogP contribution in [0.5, 0.6) is 5.75 Å². The molecule has 22 heavy (non-hydrogen) atoms. The Labute approximate surface area is 135 Å². The van der Waals surface area contributed by atoms with Gasteiger partial charge in [-0.3, -0.25) is 0 Å². The second kappa shape index (κ2) is 6.84. The monoisotopic (exact) mass is 318 g/mol. The lowest BCUT2D eigenvalue weighted by Crippen LogP contribution is -2.29. The van der Waals surface area contributed by atoms with E-state index in [2.05, 4.69) is 0 Å². The first-order valence-corrected chi connectivity index (χ1v) is 7.47. The molecule has 0 saturated heterocycles. The highest BCUT2D eigenvalue weighted by molar-refractivity contribution is 6.31. The van der Waals surface area contributed by atoms with Crippen molar-refractivity contribution in [2.75, 3.05) is 0 Å². The predicted molar refractivity (Wildman–Crippen MR) is 87.9 cm³/mol. The number of carboxylic acids is 1. The van der Waals surface area contributed by atoms with Gasteiger partial charge in [0.1, 0.15) is 5.75 Å². The number of aryl methyl sites for hydroxylation is 2. The Morgan fingerprint density at radius 3 is 2.55 bits per heavy atom. The molecular formula is C18H19ClO3. The van der Waals surface area contributed by atoms with Crippen molar-refractivity contribution in [3.63, 3.8) is 0 Å². The molecule has 0 saturated carbocycles. The van der Waals surface area contributed by atoms with E-state index in [4.69, 9.17) is 16.3 Å². The second-order valence-electron chi connectivity index (χ2n) is 5.42. The predicted octanol–water partition coefficient (Wildman–Crippen LogP) is 4.34. The number of aliphatic carboxylic acids is 1. The van der Waals surface area contributed by atoms with E-state index in [0.717, 1.165) is 22.3 Å². The Kier molecular flexibility index (Phi) is 5.09. The molecule has 0 aliphatic carbocycles. The summed E-state index contributed by atoms with van der Waals surface area (Å²) in [5.74, 6) is -0.423. The van der Waals surface area contributed by atoms with Gasteiger partial charge in [-0.1, -0.05) is 29.8 Å². The van der Waals surface area contributed by atoms with Crippen LogP contribution >= 0.6 is 11.6 Å². The van der Waals surface area contributed by atoms with Gasteiger partial charge in [-0.2, -0.15) is 0 Å². The summed E-state index contributed by atoms with van der Waals surface area (Å²) < 4.78 is 5.67. The van der Waals surface area contributed by atoms with Gasteiger partial charge in [0.2, 0.25) is 0 Å². The van der Waals surface area contributed by atoms with E-state index in [1.54, 1.807) is 12.1 Å². The van der Waals surface area contributed by atoms with Gasteiger partial charge in [-0.15, -0.1) is 0 Å². The first-order valence-electron chi connectivity index (χ1n) is 7.09. The van der Waals surface area contributed by atoms with Crippen molar-refractivity contribution in [1.29, 1.82) is 0 Å². The van der Waals surface area contributed by atoms with E-state index in [1.165, 1.54) is 0 Å². The summed E-state index contributed by atoms with van der Waals surface area (Å²) in [6.45, 7) is 5.86. The topological polar surface area (TPSA) is 46.5 Å². The quantitative estimate of drug-likeness (QED) is 0.892. The number of carbonyl (C=O) groups is 1. The van der Waals surface area contributed by atoms with Crippen LogP contribution in [-0.4, -0.2) is 17.2 Å². The maximum absolute atomic E-state index is 11.5. The standard InChI is InChI=1S/C18H19ClO3/c1-11-7-8-15(9-12(11)2)22-17(18(20)21)10-14-5-4-6-16(19)13(14)3/h4-9,17H,10H2,1-3H3,(H,20,21)/t17-/m0/s1. The van der Waals surface area contributed by atoms with Gasteiger partial charge in [-0.05, 0) is 61.2 Å². The minimum Gasteiger partial charge on any atom is -0.478 e. The summed E-state index contributed by atoms with van der Waals surface area (Å²) in [5, 5.41) is 10.1. The number of carboxylic acid groups (broad SMARTS) is 1. The fourth-order valence-electron chi connectivity index (χ4n) is 2.20. The van der Waals surface area contributed by atoms with E-state index >= 15 is 0 Å². The van der Waals surface area contributed by atoms with Gasteiger partial charge in [0.05, 0.1) is 0 Å². The van der Waals surface area contributed by atoms with Crippen LogP contribution in [0.15, 0.2) is 36.4 Å². The molecule has 0 amide bonds. The lowest BCUT2D eigenvalue weighted by molar-refractivity contribution is -0.145. The Bertz CT molecular complexity index is 695. The van der Waals surface area contributed by atoms with Crippen LogP contribution in [0, 0.1) is 20.8 Å². The number of rotatable bonds is 5. The summed E-state index contributed by atoms with van der Waals surface area (Å²) in [6, 6.07) is 11.1. The summed E-state index contributed by atoms with van der Waals surface area (Å²) in [7, 11) is 0. The highest BCUT2D eigenvalue weighted by Gasteiger charge is 2.21. The molecule has 116 valence electrons. The Balaban J connectivity index is 2.21. The Morgan fingerprint density at radius 1 is 1.18 bits per heavy atom. The van der Waals surface area contributed by atoms with Crippen LogP contribution in [0.3, 0.4) is 0 Å². The smallest absolute Gasteiger partial charge is 0.345 e. The molecule has 0 heterocycles. The van der Waals surface area contributed by atoms with Gasteiger partial charge in [0.25, 0.3) is 0 Å². The normalized spacial score (nSPS) is 12.0. The van der Waals surface area contributed by atoms with Crippen molar-refractivity contribution in [3.8, 4) is 5.75 Å². The first-order chi connectivity index (χ1) is 10.4. The number of hydrogen-bond donors (Lipinski definition) is 1. The highest BCUT2D eigenvalue weighted by atomic mass is 35.5. The molecule has 0 aromatic heterocycles. The number of benzene rings is 2. The molecule has 0 aliphatic rings. The molecule has 2 aromatic carbocycles. The summed E-state index contributed by atoms with van der Waals surface area (Å²) in [5.41, 5.74) is 3.98. The average molecular weight is 319 g/mol. The zero-order valence-electron chi connectivity index (χ0n) is 12.9. The van der Waals surface area contributed by atoms with Crippen molar-refractivity contribution in [2.45, 2.75) is 33.3 Å². The fourth-order valence-corrected chi connectivity index (χ4v) is 2.40. The van der Waals surface area contributed by atoms with Crippen LogP contribution in [0.4, 0.5) is 0 Å². The molecular weight excluding hydrogens is 300 g/mol. The molecule has 0 bridgehead atoms. The van der Waals surface area contributed by atoms with Crippen molar-refractivity contribution in [3.05, 3.63) is 63.7 Å². The van der Waals surface area contributed by atoms with E-state index in [0.29, 0.717) is 10.8 Å². The molecule has 0 radical (unpaired) electrons. The molecule has 0 aliphatic heterocycles. The molecule has 2 aromatic rings. The van der Waals surface area contributed by atoms with E-state index in [-0.39, 0.29) is 6.42 Å². The summed E-state index contributed by atoms with van der Waals surface area (Å²) in [4.78, 5) is 11.5. The number of halogens is 1. The molecule has 3 nitrogen and oxygen atoms in total. The number of ether oxygens (including phenoxy) is 1. The lowest BCUT2D eigenvalue weighted by atomic mass is 10.0. The zero-order valence-corrected chi connectivity index (χ0v) is 13.6. The molecule has 2 rings (SSSR count). The van der Waals surface area contributed by atoms with Crippen molar-refractivity contribution < 1.29 is 14.6 Å². The first kappa shape index (κ1) is 16.4. The van der Waals surface area contributed by atoms with Crippen LogP contribution in [0.25, 0.3) is 0 Å². The SMILES string of the molecule is Cc1ccc(O[C@@H](Cc2cccc(Cl)c2C)C(=O)O)cc1C. The van der Waals surface area contributed by atoms with Crippen LogP contribution in [-0.2, 0) is 11.2 Å². The van der Waals surface area contributed by atoms with Crippen LogP contribution in [0.2, 0.25) is 5.02 Å². The Morgan fingerprint density at radius 2 is 1.91 bits per heavy atom. The van der Waals surface area contributed by atoms with Gasteiger partial charge < -0.3 is 9.84 Å². The van der Waals surface area contributed by atoms with Crippen molar-refractivity contribution >= 4 is 17.6 Å². The van der Waals surface area contributed by atoms with Gasteiger partial charge in [0.15, 0.2) is 6.10 Å². The largest absolute Gasteiger partial charge is 0.478 e. The summed E-state index contributed by atoms with van der Waals surface area (Å²) in [6.07, 6.45) is -0.673. The number of hydrogen-bond acceptors (Lipinski definition) is 2. The molecule has 4 heteroatoms. The van der Waals surface area contributed by atoms with Crippen molar-refractivity contribution in [1.82, 2.24) is 0 Å². The summed E-state index contributed by atoms with van der Waals surface area (Å²) >= 11 is 6.09. The molecule has 0 unspecified atom stereocenters. The van der Waals surface area contributed by atoms with E-state index in [1.807, 2.05) is 45.0 Å². The minimum absolute atomic E-state index is 0.272. The van der Waals surface area contributed by atoms with Crippen LogP contribution in [0.1, 0.15) is 22.3 Å². The molecule has 1 N–H and O–H groups in total. The van der Waals surface area contributed by atoms with E-state index < -0.39 is 12.1 Å². The van der Waals surface area contributed by atoms with E-state index in [9.17, 15) is 9.90 Å². The molecule has 1 atom stereocenters. The van der Waals surface area contributed by atoms with Gasteiger partial charge in [-0.25, -0.2) is 4.79 Å². The average Bonchev–Trinajstić information content (AvgIpc) is 2.46. The zero-order chi connectivity index (χ0) is 16.3. The van der Waals surface area contributed by atoms with Gasteiger partial charge >= 0.3 is 5.97 Å². The Hall–Kier alpha value is -2.00. The lowest BCUT2D eigenvalue weighted by Gasteiger charge is -2.17. The molecule has 0 fully saturated rings. The third-order valence-corrected chi connectivity index (χ3v) is 4.23. The third-order valence-electron chi connectivity index (χ3n) is 3.82. The third kappa shape index (κ3) is 3.80. The maximum Gasteiger partial charge on any atom is 0.345 e. The minimum atomic E-state index is -0.988. The second-order valence-corrected chi connectivity index (χ2v) is 5.83. The van der Waals surface area contributed by atoms with Gasteiger partial charge in [0, 0.05) is 11.4 Å². The fraction of sp³-hybridized carbons (Fsp3) is 0.278.